The SMILES string of the molecule is OC1(CNC2[C@H]3C[C@@H]4C[C@@H](C[C@H]2C4)C3)CN(COCc2ccc(F)c(F)c2Nc2ccc(I)cc2F)C1. The molecule has 1 saturated heterocycles. The van der Waals surface area contributed by atoms with Crippen LogP contribution in [0.25, 0.3) is 0 Å². The lowest BCUT2D eigenvalue weighted by Crippen LogP contribution is -2.68. The largest absolute Gasteiger partial charge is 0.386 e. The van der Waals surface area contributed by atoms with Gasteiger partial charge in [-0.1, -0.05) is 6.07 Å². The molecule has 1 heterocycles. The molecule has 2 aromatic carbocycles. The molecule has 2 aromatic rings. The fourth-order valence-corrected chi connectivity index (χ4v) is 7.87. The maximum absolute atomic E-state index is 14.6. The van der Waals surface area contributed by atoms with Crippen LogP contribution in [-0.4, -0.2) is 48.0 Å². The highest BCUT2D eigenvalue weighted by Crippen LogP contribution is 2.53. The monoisotopic (exact) mass is 627 g/mol. The van der Waals surface area contributed by atoms with E-state index in [-0.39, 0.29) is 24.7 Å². The Kier molecular flexibility index (Phi) is 7.19. The predicted octanol–water partition coefficient (Wildman–Crippen LogP) is 5.39. The second-order valence-electron chi connectivity index (χ2n) is 11.7. The lowest BCUT2D eigenvalue weighted by molar-refractivity contribution is -0.141. The Morgan fingerprint density at radius 1 is 0.973 bits per heavy atom. The number of aliphatic hydroxyl groups is 1. The van der Waals surface area contributed by atoms with Crippen LogP contribution in [0.1, 0.15) is 37.7 Å². The minimum Gasteiger partial charge on any atom is -0.386 e. The standard InChI is InChI=1S/C28H33F3IN3O2/c29-22-3-1-18(27(25(22)31)34-24-4-2-21(32)10-23(24)30)11-37-15-35-13-28(36,14-35)12-33-26-19-6-16-5-17(8-19)9-20(26)7-16/h1-4,10,16-17,19-20,26,33-34,36H,5-9,11-15H2/t16-,17+,19-,20+,26?. The van der Waals surface area contributed by atoms with Crippen molar-refractivity contribution >= 4 is 34.0 Å². The number of halogens is 4. The Morgan fingerprint density at radius 3 is 2.35 bits per heavy atom. The molecule has 4 aliphatic carbocycles. The van der Waals surface area contributed by atoms with Crippen molar-refractivity contribution in [3.05, 3.63) is 56.9 Å². The average molecular weight is 627 g/mol. The molecular weight excluding hydrogens is 594 g/mol. The molecule has 0 atom stereocenters. The molecule has 0 amide bonds. The Hall–Kier alpha value is -1.40. The van der Waals surface area contributed by atoms with Crippen molar-refractivity contribution in [2.75, 3.05) is 31.7 Å². The first-order valence-corrected chi connectivity index (χ1v) is 14.3. The van der Waals surface area contributed by atoms with E-state index >= 15 is 0 Å². The van der Waals surface area contributed by atoms with Gasteiger partial charge in [-0.05, 0) is 103 Å². The molecule has 4 saturated carbocycles. The van der Waals surface area contributed by atoms with Crippen LogP contribution in [0.2, 0.25) is 0 Å². The molecular formula is C28H33F3IN3O2. The summed E-state index contributed by atoms with van der Waals surface area (Å²) < 4.78 is 49.3. The van der Waals surface area contributed by atoms with Gasteiger partial charge >= 0.3 is 0 Å². The molecule has 1 aliphatic heterocycles. The molecule has 5 aliphatic rings. The van der Waals surface area contributed by atoms with Crippen LogP contribution in [-0.2, 0) is 11.3 Å². The maximum atomic E-state index is 14.6. The summed E-state index contributed by atoms with van der Waals surface area (Å²) in [6, 6.07) is 7.51. The first-order valence-electron chi connectivity index (χ1n) is 13.2. The van der Waals surface area contributed by atoms with Crippen LogP contribution < -0.4 is 10.6 Å². The normalized spacial score (nSPS) is 29.9. The first kappa shape index (κ1) is 25.9. The number of rotatable bonds is 9. The van der Waals surface area contributed by atoms with Crippen molar-refractivity contribution in [2.45, 2.75) is 50.4 Å². The molecule has 9 heteroatoms. The third-order valence-corrected chi connectivity index (χ3v) is 9.50. The van der Waals surface area contributed by atoms with Crippen LogP contribution in [0.3, 0.4) is 0 Å². The molecule has 0 radical (unpaired) electrons. The summed E-state index contributed by atoms with van der Waals surface area (Å²) in [4.78, 5) is 1.99. The highest BCUT2D eigenvalue weighted by molar-refractivity contribution is 14.1. The minimum atomic E-state index is -1.08. The van der Waals surface area contributed by atoms with E-state index in [4.69, 9.17) is 4.74 Å². The van der Waals surface area contributed by atoms with Crippen molar-refractivity contribution in [3.8, 4) is 0 Å². The van der Waals surface area contributed by atoms with Crippen LogP contribution in [0.4, 0.5) is 24.5 Å². The van der Waals surface area contributed by atoms with Gasteiger partial charge in [-0.3, -0.25) is 4.90 Å². The molecule has 4 bridgehead atoms. The van der Waals surface area contributed by atoms with E-state index < -0.39 is 23.1 Å². The van der Waals surface area contributed by atoms with Gasteiger partial charge in [0.05, 0.1) is 24.7 Å². The Bertz CT molecular complexity index is 1130. The van der Waals surface area contributed by atoms with Crippen molar-refractivity contribution in [1.82, 2.24) is 10.2 Å². The van der Waals surface area contributed by atoms with Crippen molar-refractivity contribution in [2.24, 2.45) is 23.7 Å². The van der Waals surface area contributed by atoms with Crippen LogP contribution in [0.5, 0.6) is 0 Å². The van der Waals surface area contributed by atoms with Gasteiger partial charge < -0.3 is 20.5 Å². The summed E-state index contributed by atoms with van der Waals surface area (Å²) in [6.45, 7) is 1.88. The van der Waals surface area contributed by atoms with Gasteiger partial charge in [0.15, 0.2) is 11.6 Å². The number of β-amino-alcohol motifs (C(OH)–C–C–N with tert-alkyl or cyclic N) is 1. The van der Waals surface area contributed by atoms with Gasteiger partial charge in [0, 0.05) is 34.8 Å². The number of ether oxygens (including phenoxy) is 1. The number of hydrogen-bond donors (Lipinski definition) is 3. The number of hydrogen-bond acceptors (Lipinski definition) is 5. The van der Waals surface area contributed by atoms with Gasteiger partial charge in [-0.25, -0.2) is 13.2 Å². The minimum absolute atomic E-state index is 0.0203. The Morgan fingerprint density at radius 2 is 1.68 bits per heavy atom. The van der Waals surface area contributed by atoms with Crippen LogP contribution in [0, 0.1) is 44.7 Å². The molecule has 0 aromatic heterocycles. The van der Waals surface area contributed by atoms with Crippen molar-refractivity contribution in [1.29, 1.82) is 0 Å². The van der Waals surface area contributed by atoms with Crippen molar-refractivity contribution < 1.29 is 23.0 Å². The lowest BCUT2D eigenvalue weighted by atomic mass is 9.54. The summed E-state index contributed by atoms with van der Waals surface area (Å²) in [7, 11) is 0. The third kappa shape index (κ3) is 5.39. The first-order chi connectivity index (χ1) is 17.8. The van der Waals surface area contributed by atoms with E-state index in [2.05, 4.69) is 10.6 Å². The molecule has 200 valence electrons. The molecule has 7 rings (SSSR count). The Labute approximate surface area is 229 Å². The van der Waals surface area contributed by atoms with Gasteiger partial charge in [-0.15, -0.1) is 0 Å². The Balaban J connectivity index is 0.997. The van der Waals surface area contributed by atoms with E-state index in [9.17, 15) is 18.3 Å². The lowest BCUT2D eigenvalue weighted by Gasteiger charge is -2.55. The second kappa shape index (κ2) is 10.3. The van der Waals surface area contributed by atoms with Gasteiger partial charge in [-0.2, -0.15) is 0 Å². The van der Waals surface area contributed by atoms with Gasteiger partial charge in [0.25, 0.3) is 0 Å². The zero-order valence-electron chi connectivity index (χ0n) is 20.7. The third-order valence-electron chi connectivity index (χ3n) is 8.83. The fraction of sp³-hybridized carbons (Fsp3) is 0.571. The summed E-state index contributed by atoms with van der Waals surface area (Å²) in [5.41, 5.74) is -0.461. The zero-order valence-corrected chi connectivity index (χ0v) is 22.8. The average Bonchev–Trinajstić information content (AvgIpc) is 2.82. The molecule has 5 nitrogen and oxygen atoms in total. The number of anilines is 2. The van der Waals surface area contributed by atoms with Gasteiger partial charge in [0.2, 0.25) is 0 Å². The number of nitrogens with zero attached hydrogens (tertiary/aromatic N) is 1. The second-order valence-corrected chi connectivity index (χ2v) is 12.9. The quantitative estimate of drug-likeness (QED) is 0.326. The fourth-order valence-electron chi connectivity index (χ4n) is 7.41. The van der Waals surface area contributed by atoms with E-state index in [1.807, 2.05) is 27.5 Å². The molecule has 0 unspecified atom stereocenters. The number of likely N-dealkylation sites (tertiary alicyclic amines) is 1. The van der Waals surface area contributed by atoms with Gasteiger partial charge in [0.1, 0.15) is 11.4 Å². The topological polar surface area (TPSA) is 56.8 Å². The zero-order chi connectivity index (χ0) is 25.7. The number of nitrogens with one attached hydrogen (secondary N) is 2. The molecule has 5 fully saturated rings. The highest BCUT2D eigenvalue weighted by atomic mass is 127. The molecule has 37 heavy (non-hydrogen) atoms. The van der Waals surface area contributed by atoms with Crippen molar-refractivity contribution in [3.63, 3.8) is 0 Å². The molecule has 0 spiro atoms. The number of benzene rings is 2. The van der Waals surface area contributed by atoms with E-state index in [0.29, 0.717) is 34.8 Å². The summed E-state index contributed by atoms with van der Waals surface area (Å²) in [6.07, 6.45) is 6.82. The summed E-state index contributed by atoms with van der Waals surface area (Å²) in [5, 5.41) is 17.4. The highest BCUT2D eigenvalue weighted by Gasteiger charge is 2.49. The van der Waals surface area contributed by atoms with Crippen LogP contribution in [0.15, 0.2) is 30.3 Å². The smallest absolute Gasteiger partial charge is 0.182 e. The van der Waals surface area contributed by atoms with E-state index in [1.165, 1.54) is 50.3 Å². The summed E-state index contributed by atoms with van der Waals surface area (Å²) >= 11 is 1.98. The van der Waals surface area contributed by atoms with Crippen LogP contribution >= 0.6 is 22.6 Å². The van der Waals surface area contributed by atoms with E-state index in [0.717, 1.165) is 29.7 Å². The van der Waals surface area contributed by atoms with E-state index in [1.54, 1.807) is 6.07 Å². The maximum Gasteiger partial charge on any atom is 0.182 e. The molecule has 3 N–H and O–H groups in total. The summed E-state index contributed by atoms with van der Waals surface area (Å²) in [5.74, 6) is 0.758. The predicted molar refractivity (Wildman–Crippen MR) is 144 cm³/mol.